The molecule has 2 aromatic carbocycles. The lowest BCUT2D eigenvalue weighted by Gasteiger charge is -2.17. The molecule has 0 saturated heterocycles. The molecule has 0 aliphatic heterocycles. The fourth-order valence-corrected chi connectivity index (χ4v) is 2.73. The molecule has 0 radical (unpaired) electrons. The summed E-state index contributed by atoms with van der Waals surface area (Å²) < 4.78 is 22.0. The van der Waals surface area contributed by atoms with Gasteiger partial charge in [-0.05, 0) is 25.0 Å². The predicted octanol–water partition coefficient (Wildman–Crippen LogP) is 5.15. The van der Waals surface area contributed by atoms with Gasteiger partial charge < -0.3 is 18.9 Å². The normalized spacial score (nSPS) is 10.4. The van der Waals surface area contributed by atoms with Crippen LogP contribution >= 0.6 is 0 Å². The molecule has 0 aliphatic rings. The van der Waals surface area contributed by atoms with Crippen molar-refractivity contribution in [2.75, 3.05) is 21.3 Å². The number of benzene rings is 2. The number of nitrogens with zero attached hydrogens (tertiary/aromatic N) is 1. The maximum atomic E-state index is 11.4. The summed E-state index contributed by atoms with van der Waals surface area (Å²) in [4.78, 5) is 10.9. The van der Waals surface area contributed by atoms with Crippen LogP contribution in [0.4, 0.5) is 5.69 Å². The van der Waals surface area contributed by atoms with Gasteiger partial charge >= 0.3 is 5.69 Å². The molecular weight excluding hydrogens is 350 g/mol. The molecule has 0 aliphatic carbocycles. The molecule has 7 nitrogen and oxygen atoms in total. The van der Waals surface area contributed by atoms with Crippen LogP contribution in [-0.2, 0) is 6.42 Å². The van der Waals surface area contributed by atoms with Gasteiger partial charge in [0.05, 0.1) is 26.3 Å². The smallest absolute Gasteiger partial charge is 0.311 e. The number of nitro benzene ring substituents is 1. The highest BCUT2D eigenvalue weighted by Crippen LogP contribution is 2.42. The Morgan fingerprint density at radius 2 is 1.63 bits per heavy atom. The van der Waals surface area contributed by atoms with Gasteiger partial charge in [-0.2, -0.15) is 0 Å². The third-order valence-corrected chi connectivity index (χ3v) is 4.19. The SMILES string of the molecule is CCCCCc1cc(OC)cc(OC)c1Oc1cc(OC)ccc1[N+](=O)[O-]. The maximum Gasteiger partial charge on any atom is 0.311 e. The van der Waals surface area contributed by atoms with E-state index in [9.17, 15) is 10.1 Å². The molecule has 0 amide bonds. The zero-order chi connectivity index (χ0) is 19.8. The first-order chi connectivity index (χ1) is 13.0. The summed E-state index contributed by atoms with van der Waals surface area (Å²) in [6.45, 7) is 2.13. The molecule has 0 bridgehead atoms. The zero-order valence-electron chi connectivity index (χ0n) is 16.1. The van der Waals surface area contributed by atoms with Gasteiger partial charge in [0.1, 0.15) is 11.5 Å². The third-order valence-electron chi connectivity index (χ3n) is 4.19. The topological polar surface area (TPSA) is 80.1 Å². The molecule has 0 spiro atoms. The largest absolute Gasteiger partial charge is 0.497 e. The van der Waals surface area contributed by atoms with E-state index in [1.807, 2.05) is 6.07 Å². The van der Waals surface area contributed by atoms with E-state index in [-0.39, 0.29) is 11.4 Å². The molecule has 7 heteroatoms. The van der Waals surface area contributed by atoms with Gasteiger partial charge in [-0.3, -0.25) is 10.1 Å². The number of ether oxygens (including phenoxy) is 4. The van der Waals surface area contributed by atoms with Crippen molar-refractivity contribution in [1.82, 2.24) is 0 Å². The fraction of sp³-hybridized carbons (Fsp3) is 0.400. The number of unbranched alkanes of at least 4 members (excludes halogenated alkanes) is 2. The van der Waals surface area contributed by atoms with Crippen molar-refractivity contribution in [1.29, 1.82) is 0 Å². The zero-order valence-corrected chi connectivity index (χ0v) is 16.1. The molecule has 146 valence electrons. The molecule has 0 aromatic heterocycles. The van der Waals surface area contributed by atoms with E-state index >= 15 is 0 Å². The van der Waals surface area contributed by atoms with Gasteiger partial charge in [-0.1, -0.05) is 19.8 Å². The van der Waals surface area contributed by atoms with Crippen molar-refractivity contribution in [3.05, 3.63) is 46.0 Å². The Hall–Kier alpha value is -2.96. The molecule has 0 fully saturated rings. The standard InChI is InChI=1S/C20H25NO6/c1-5-6-7-8-14-11-16(25-3)13-19(26-4)20(14)27-18-12-15(24-2)9-10-17(18)21(22)23/h9-13H,5-8H2,1-4H3. The van der Waals surface area contributed by atoms with Crippen LogP contribution in [0.2, 0.25) is 0 Å². The number of rotatable bonds is 10. The van der Waals surface area contributed by atoms with Crippen molar-refractivity contribution in [3.8, 4) is 28.7 Å². The minimum absolute atomic E-state index is 0.0968. The van der Waals surface area contributed by atoms with Gasteiger partial charge in [0.25, 0.3) is 0 Å². The Morgan fingerprint density at radius 1 is 0.926 bits per heavy atom. The minimum Gasteiger partial charge on any atom is -0.497 e. The van der Waals surface area contributed by atoms with Crippen LogP contribution < -0.4 is 18.9 Å². The first-order valence-electron chi connectivity index (χ1n) is 8.79. The van der Waals surface area contributed by atoms with Crippen molar-refractivity contribution in [3.63, 3.8) is 0 Å². The Bertz CT molecular complexity index is 790. The predicted molar refractivity (Wildman–Crippen MR) is 102 cm³/mol. The lowest BCUT2D eigenvalue weighted by Crippen LogP contribution is -2.00. The molecule has 2 rings (SSSR count). The first-order valence-corrected chi connectivity index (χ1v) is 8.79. The second-order valence-electron chi connectivity index (χ2n) is 5.97. The highest BCUT2D eigenvalue weighted by molar-refractivity contribution is 5.57. The second kappa shape index (κ2) is 9.66. The summed E-state index contributed by atoms with van der Waals surface area (Å²) >= 11 is 0. The Labute approximate surface area is 159 Å². The van der Waals surface area contributed by atoms with Crippen LogP contribution in [0.15, 0.2) is 30.3 Å². The third kappa shape index (κ3) is 5.03. The van der Waals surface area contributed by atoms with Crippen LogP contribution in [0, 0.1) is 10.1 Å². The molecule has 2 aromatic rings. The van der Waals surface area contributed by atoms with E-state index in [2.05, 4.69) is 6.92 Å². The summed E-state index contributed by atoms with van der Waals surface area (Å²) in [5, 5.41) is 11.4. The number of hydrogen-bond donors (Lipinski definition) is 0. The lowest BCUT2D eigenvalue weighted by molar-refractivity contribution is -0.385. The number of aryl methyl sites for hydroxylation is 1. The molecular formula is C20H25NO6. The molecule has 0 unspecified atom stereocenters. The molecule has 0 saturated carbocycles. The van der Waals surface area contributed by atoms with Gasteiger partial charge in [0.15, 0.2) is 11.5 Å². The van der Waals surface area contributed by atoms with Crippen LogP contribution in [0.5, 0.6) is 28.7 Å². The van der Waals surface area contributed by atoms with Crippen molar-refractivity contribution >= 4 is 5.69 Å². The summed E-state index contributed by atoms with van der Waals surface area (Å²) in [5.41, 5.74) is 0.727. The van der Waals surface area contributed by atoms with E-state index in [4.69, 9.17) is 18.9 Å². The molecule has 0 atom stereocenters. The van der Waals surface area contributed by atoms with Crippen LogP contribution in [0.3, 0.4) is 0 Å². The van der Waals surface area contributed by atoms with Gasteiger partial charge in [0.2, 0.25) is 5.75 Å². The quantitative estimate of drug-likeness (QED) is 0.325. The summed E-state index contributed by atoms with van der Waals surface area (Å²) in [5.74, 6) is 2.12. The fourth-order valence-electron chi connectivity index (χ4n) is 2.73. The van der Waals surface area contributed by atoms with E-state index in [1.165, 1.54) is 32.4 Å². The highest BCUT2D eigenvalue weighted by Gasteiger charge is 2.21. The van der Waals surface area contributed by atoms with Crippen molar-refractivity contribution in [2.45, 2.75) is 32.6 Å². The first kappa shape index (κ1) is 20.4. The Balaban J connectivity index is 2.51. The highest BCUT2D eigenvalue weighted by atomic mass is 16.6. The molecule has 0 N–H and O–H groups in total. The summed E-state index contributed by atoms with van der Waals surface area (Å²) in [6.07, 6.45) is 3.86. The second-order valence-corrected chi connectivity index (χ2v) is 5.97. The van der Waals surface area contributed by atoms with Crippen LogP contribution in [0.25, 0.3) is 0 Å². The number of methoxy groups -OCH3 is 3. The van der Waals surface area contributed by atoms with Gasteiger partial charge in [-0.15, -0.1) is 0 Å². The van der Waals surface area contributed by atoms with Crippen molar-refractivity contribution in [2.24, 2.45) is 0 Å². The lowest BCUT2D eigenvalue weighted by atomic mass is 10.0. The monoisotopic (exact) mass is 375 g/mol. The van der Waals surface area contributed by atoms with Gasteiger partial charge in [-0.25, -0.2) is 0 Å². The van der Waals surface area contributed by atoms with Crippen molar-refractivity contribution < 1.29 is 23.9 Å². The average Bonchev–Trinajstić information content (AvgIpc) is 2.68. The summed E-state index contributed by atoms with van der Waals surface area (Å²) in [6, 6.07) is 7.96. The Kier molecular flexibility index (Phi) is 7.28. The van der Waals surface area contributed by atoms with Crippen LogP contribution in [-0.4, -0.2) is 26.3 Å². The Morgan fingerprint density at radius 3 is 2.22 bits per heavy atom. The van der Waals surface area contributed by atoms with E-state index in [0.29, 0.717) is 23.0 Å². The summed E-state index contributed by atoms with van der Waals surface area (Å²) in [7, 11) is 4.60. The average molecular weight is 375 g/mol. The number of nitro groups is 1. The minimum atomic E-state index is -0.485. The van der Waals surface area contributed by atoms with E-state index in [1.54, 1.807) is 13.2 Å². The molecule has 27 heavy (non-hydrogen) atoms. The molecule has 0 heterocycles. The van der Waals surface area contributed by atoms with Crippen LogP contribution in [0.1, 0.15) is 31.7 Å². The van der Waals surface area contributed by atoms with E-state index < -0.39 is 4.92 Å². The van der Waals surface area contributed by atoms with Gasteiger partial charge in [0, 0.05) is 23.8 Å². The number of hydrogen-bond acceptors (Lipinski definition) is 6. The maximum absolute atomic E-state index is 11.4. The van der Waals surface area contributed by atoms with E-state index in [0.717, 1.165) is 31.2 Å².